The van der Waals surface area contributed by atoms with Crippen LogP contribution in [0.2, 0.25) is 5.02 Å². The topological polar surface area (TPSA) is 63.2 Å². The number of benzene rings is 1. The number of hydrogen-bond acceptors (Lipinski definition) is 4. The molecule has 0 unspecified atom stereocenters. The smallest absolute Gasteiger partial charge is 0.230 e. The first-order valence-corrected chi connectivity index (χ1v) is 9.02. The summed E-state index contributed by atoms with van der Waals surface area (Å²) in [5.74, 6) is 0.290. The van der Waals surface area contributed by atoms with E-state index in [-0.39, 0.29) is 29.2 Å². The molecular formula is C12H14ClNO3S2. The molecule has 0 aromatic heterocycles. The van der Waals surface area contributed by atoms with Crippen LogP contribution in [0.25, 0.3) is 0 Å². The van der Waals surface area contributed by atoms with Crippen LogP contribution in [0, 0.1) is 0 Å². The molecule has 1 amide bonds. The molecule has 1 aromatic rings. The van der Waals surface area contributed by atoms with Crippen LogP contribution in [0.3, 0.4) is 0 Å². The summed E-state index contributed by atoms with van der Waals surface area (Å²) in [6.07, 6.45) is 0.505. The van der Waals surface area contributed by atoms with Crippen LogP contribution in [0.1, 0.15) is 6.42 Å². The van der Waals surface area contributed by atoms with Crippen molar-refractivity contribution in [3.05, 3.63) is 29.3 Å². The Morgan fingerprint density at radius 3 is 2.79 bits per heavy atom. The van der Waals surface area contributed by atoms with Crippen LogP contribution in [-0.2, 0) is 14.6 Å². The number of rotatable bonds is 4. The SMILES string of the molecule is O=C(CSc1ccccc1Cl)N[C@H]1CCS(=O)(=O)C1. The van der Waals surface area contributed by atoms with Gasteiger partial charge in [-0.3, -0.25) is 4.79 Å². The summed E-state index contributed by atoms with van der Waals surface area (Å²) < 4.78 is 22.5. The third-order valence-corrected chi connectivity index (χ3v) is 6.08. The summed E-state index contributed by atoms with van der Waals surface area (Å²) in [4.78, 5) is 12.6. The third kappa shape index (κ3) is 4.40. The first kappa shape index (κ1) is 14.7. The number of hydrogen-bond donors (Lipinski definition) is 1. The molecule has 0 radical (unpaired) electrons. The Kier molecular flexibility index (Phi) is 4.76. The maximum atomic E-state index is 11.7. The number of carbonyl (C=O) groups excluding carboxylic acids is 1. The zero-order valence-electron chi connectivity index (χ0n) is 10.1. The van der Waals surface area contributed by atoms with Crippen molar-refractivity contribution in [2.24, 2.45) is 0 Å². The highest BCUT2D eigenvalue weighted by molar-refractivity contribution is 8.00. The normalized spacial score (nSPS) is 21.2. The molecule has 1 aromatic carbocycles. The van der Waals surface area contributed by atoms with Crippen molar-refractivity contribution in [3.63, 3.8) is 0 Å². The lowest BCUT2D eigenvalue weighted by Crippen LogP contribution is -2.36. The maximum Gasteiger partial charge on any atom is 0.230 e. The quantitative estimate of drug-likeness (QED) is 0.859. The van der Waals surface area contributed by atoms with Crippen LogP contribution < -0.4 is 5.32 Å². The highest BCUT2D eigenvalue weighted by atomic mass is 35.5. The largest absolute Gasteiger partial charge is 0.352 e. The first-order valence-electron chi connectivity index (χ1n) is 5.83. The molecule has 1 aliphatic heterocycles. The fourth-order valence-electron chi connectivity index (χ4n) is 1.88. The highest BCUT2D eigenvalue weighted by Crippen LogP contribution is 2.26. The van der Waals surface area contributed by atoms with Crippen LogP contribution in [0.5, 0.6) is 0 Å². The highest BCUT2D eigenvalue weighted by Gasteiger charge is 2.28. The minimum atomic E-state index is -2.96. The lowest BCUT2D eigenvalue weighted by molar-refractivity contribution is -0.119. The van der Waals surface area contributed by atoms with Gasteiger partial charge in [-0.05, 0) is 18.6 Å². The minimum absolute atomic E-state index is 0.0511. The minimum Gasteiger partial charge on any atom is -0.352 e. The van der Waals surface area contributed by atoms with Gasteiger partial charge in [0.15, 0.2) is 9.84 Å². The van der Waals surface area contributed by atoms with E-state index in [2.05, 4.69) is 5.32 Å². The molecule has 1 N–H and O–H groups in total. The third-order valence-electron chi connectivity index (χ3n) is 2.79. The van der Waals surface area contributed by atoms with Gasteiger partial charge in [-0.25, -0.2) is 8.42 Å². The van der Waals surface area contributed by atoms with Crippen LogP contribution in [0.4, 0.5) is 0 Å². The van der Waals surface area contributed by atoms with Gasteiger partial charge in [0.25, 0.3) is 0 Å². The van der Waals surface area contributed by atoms with Crippen molar-refractivity contribution in [1.29, 1.82) is 0 Å². The second kappa shape index (κ2) is 6.15. The summed E-state index contributed by atoms with van der Waals surface area (Å²) in [5, 5.41) is 3.36. The molecule has 1 fully saturated rings. The van der Waals surface area contributed by atoms with Crippen molar-refractivity contribution >= 4 is 39.1 Å². The fraction of sp³-hybridized carbons (Fsp3) is 0.417. The van der Waals surface area contributed by atoms with Crippen LogP contribution in [-0.4, -0.2) is 37.6 Å². The van der Waals surface area contributed by atoms with Gasteiger partial charge in [-0.15, -0.1) is 11.8 Å². The maximum absolute atomic E-state index is 11.7. The number of halogens is 1. The van der Waals surface area contributed by atoms with Gasteiger partial charge in [0.2, 0.25) is 5.91 Å². The molecule has 7 heteroatoms. The number of amides is 1. The van der Waals surface area contributed by atoms with Gasteiger partial charge in [0, 0.05) is 10.9 Å². The van der Waals surface area contributed by atoms with Gasteiger partial charge in [0.1, 0.15) is 0 Å². The Hall–Kier alpha value is -0.720. The Labute approximate surface area is 121 Å². The molecular weight excluding hydrogens is 306 g/mol. The standard InChI is InChI=1S/C12H14ClNO3S2/c13-10-3-1-2-4-11(10)18-7-12(15)14-9-5-6-19(16,17)8-9/h1-4,9H,5-8H2,(H,14,15)/t9-/m0/s1. The Bertz CT molecular complexity index is 574. The number of thioether (sulfide) groups is 1. The van der Waals surface area contributed by atoms with E-state index in [0.29, 0.717) is 11.4 Å². The summed E-state index contributed by atoms with van der Waals surface area (Å²) in [6, 6.07) is 7.06. The van der Waals surface area contributed by atoms with Crippen molar-refractivity contribution < 1.29 is 13.2 Å². The molecule has 0 saturated carbocycles. The second-order valence-corrected chi connectivity index (χ2v) is 8.04. The summed E-state index contributed by atoms with van der Waals surface area (Å²) in [6.45, 7) is 0. The lowest BCUT2D eigenvalue weighted by Gasteiger charge is -2.10. The second-order valence-electron chi connectivity index (χ2n) is 4.39. The van der Waals surface area contributed by atoms with E-state index in [1.807, 2.05) is 18.2 Å². The molecule has 0 aliphatic carbocycles. The number of nitrogens with one attached hydrogen (secondary N) is 1. The first-order chi connectivity index (χ1) is 8.96. The molecule has 2 rings (SSSR count). The number of carbonyl (C=O) groups is 1. The predicted octanol–water partition coefficient (Wildman–Crippen LogP) is 1.74. The van der Waals surface area contributed by atoms with Crippen molar-refractivity contribution in [1.82, 2.24) is 5.32 Å². The van der Waals surface area contributed by atoms with Crippen LogP contribution in [0.15, 0.2) is 29.2 Å². The molecule has 1 atom stereocenters. The molecule has 4 nitrogen and oxygen atoms in total. The van der Waals surface area contributed by atoms with E-state index >= 15 is 0 Å². The van der Waals surface area contributed by atoms with E-state index in [1.165, 1.54) is 11.8 Å². The van der Waals surface area contributed by atoms with E-state index in [9.17, 15) is 13.2 Å². The molecule has 0 bridgehead atoms. The molecule has 104 valence electrons. The van der Waals surface area contributed by atoms with Crippen molar-refractivity contribution in [2.75, 3.05) is 17.3 Å². The Balaban J connectivity index is 1.81. The monoisotopic (exact) mass is 319 g/mol. The fourth-order valence-corrected chi connectivity index (χ4v) is 4.61. The van der Waals surface area contributed by atoms with Gasteiger partial charge in [-0.2, -0.15) is 0 Å². The summed E-state index contributed by atoms with van der Waals surface area (Å²) in [7, 11) is -2.96. The predicted molar refractivity (Wildman–Crippen MR) is 77.4 cm³/mol. The van der Waals surface area contributed by atoms with E-state index < -0.39 is 9.84 Å². The van der Waals surface area contributed by atoms with Crippen LogP contribution >= 0.6 is 23.4 Å². The van der Waals surface area contributed by atoms with E-state index in [0.717, 1.165) is 4.90 Å². The molecule has 1 saturated heterocycles. The average molecular weight is 320 g/mol. The summed E-state index contributed by atoms with van der Waals surface area (Å²) >= 11 is 7.33. The average Bonchev–Trinajstić information content (AvgIpc) is 2.67. The summed E-state index contributed by atoms with van der Waals surface area (Å²) in [5.41, 5.74) is 0. The zero-order valence-corrected chi connectivity index (χ0v) is 12.5. The molecule has 1 heterocycles. The van der Waals surface area contributed by atoms with Gasteiger partial charge in [-0.1, -0.05) is 23.7 Å². The van der Waals surface area contributed by atoms with Crippen molar-refractivity contribution in [3.8, 4) is 0 Å². The van der Waals surface area contributed by atoms with E-state index in [4.69, 9.17) is 11.6 Å². The van der Waals surface area contributed by atoms with E-state index in [1.54, 1.807) is 6.07 Å². The van der Waals surface area contributed by atoms with Gasteiger partial charge < -0.3 is 5.32 Å². The Morgan fingerprint density at radius 1 is 1.42 bits per heavy atom. The Morgan fingerprint density at radius 2 is 2.16 bits per heavy atom. The number of sulfone groups is 1. The molecule has 1 aliphatic rings. The zero-order chi connectivity index (χ0) is 13.9. The van der Waals surface area contributed by atoms with Gasteiger partial charge >= 0.3 is 0 Å². The van der Waals surface area contributed by atoms with Gasteiger partial charge in [0.05, 0.1) is 22.3 Å². The van der Waals surface area contributed by atoms with Crippen molar-refractivity contribution in [2.45, 2.75) is 17.4 Å². The molecule has 0 spiro atoms. The molecule has 19 heavy (non-hydrogen) atoms. The lowest BCUT2D eigenvalue weighted by atomic mass is 10.3.